The number of piperidine rings is 1. The van der Waals surface area contributed by atoms with Crippen LogP contribution in [0.2, 0.25) is 0 Å². The highest BCUT2D eigenvalue weighted by molar-refractivity contribution is 5.85. The van der Waals surface area contributed by atoms with Crippen molar-refractivity contribution < 1.29 is 9.53 Å². The molecular formula is C17H27ClN2O2. The van der Waals surface area contributed by atoms with Crippen molar-refractivity contribution in [2.75, 3.05) is 19.7 Å². The van der Waals surface area contributed by atoms with E-state index >= 15 is 0 Å². The largest absolute Gasteiger partial charge is 0.493 e. The average molecular weight is 327 g/mol. The van der Waals surface area contributed by atoms with Crippen LogP contribution in [-0.2, 0) is 4.79 Å². The van der Waals surface area contributed by atoms with Crippen molar-refractivity contribution >= 4 is 18.3 Å². The van der Waals surface area contributed by atoms with Crippen LogP contribution in [0.1, 0.15) is 30.9 Å². The lowest BCUT2D eigenvalue weighted by Gasteiger charge is -2.30. The van der Waals surface area contributed by atoms with E-state index in [1.165, 1.54) is 5.56 Å². The fourth-order valence-corrected chi connectivity index (χ4v) is 2.60. The number of rotatable bonds is 5. The summed E-state index contributed by atoms with van der Waals surface area (Å²) in [6.45, 7) is 8.63. The van der Waals surface area contributed by atoms with E-state index in [1.54, 1.807) is 0 Å². The minimum absolute atomic E-state index is 0. The average Bonchev–Trinajstić information content (AvgIpc) is 2.46. The van der Waals surface area contributed by atoms with Gasteiger partial charge >= 0.3 is 0 Å². The maximum atomic E-state index is 12.0. The van der Waals surface area contributed by atoms with Crippen molar-refractivity contribution in [2.24, 2.45) is 5.92 Å². The van der Waals surface area contributed by atoms with Crippen LogP contribution in [0.5, 0.6) is 5.75 Å². The van der Waals surface area contributed by atoms with Crippen molar-refractivity contribution in [3.05, 3.63) is 29.3 Å². The molecule has 2 rings (SSSR count). The van der Waals surface area contributed by atoms with E-state index < -0.39 is 0 Å². The summed E-state index contributed by atoms with van der Waals surface area (Å²) in [5.74, 6) is 1.48. The van der Waals surface area contributed by atoms with Crippen molar-refractivity contribution in [2.45, 2.75) is 39.7 Å². The molecule has 4 nitrogen and oxygen atoms in total. The summed E-state index contributed by atoms with van der Waals surface area (Å²) < 4.78 is 5.73. The van der Waals surface area contributed by atoms with E-state index in [-0.39, 0.29) is 24.4 Å². The van der Waals surface area contributed by atoms with Crippen LogP contribution in [0.15, 0.2) is 18.2 Å². The molecule has 1 fully saturated rings. The third-order valence-electron chi connectivity index (χ3n) is 4.32. The van der Waals surface area contributed by atoms with E-state index in [0.29, 0.717) is 18.9 Å². The summed E-state index contributed by atoms with van der Waals surface area (Å²) in [6, 6.07) is 6.24. The predicted octanol–water partition coefficient (Wildman–Crippen LogP) is 2.61. The van der Waals surface area contributed by atoms with Crippen molar-refractivity contribution in [1.82, 2.24) is 10.6 Å². The third-order valence-corrected chi connectivity index (χ3v) is 4.32. The molecule has 1 aromatic rings. The van der Waals surface area contributed by atoms with Crippen LogP contribution in [0, 0.1) is 19.8 Å². The van der Waals surface area contributed by atoms with Crippen LogP contribution in [0.25, 0.3) is 0 Å². The fraction of sp³-hybridized carbons (Fsp3) is 0.588. The van der Waals surface area contributed by atoms with Gasteiger partial charge in [0.2, 0.25) is 5.91 Å². The summed E-state index contributed by atoms with van der Waals surface area (Å²) >= 11 is 0. The zero-order valence-electron chi connectivity index (χ0n) is 13.6. The van der Waals surface area contributed by atoms with E-state index in [0.717, 1.165) is 30.8 Å². The molecule has 1 amide bonds. The topological polar surface area (TPSA) is 50.4 Å². The summed E-state index contributed by atoms with van der Waals surface area (Å²) in [5.41, 5.74) is 2.35. The lowest BCUT2D eigenvalue weighted by Crippen LogP contribution is -2.50. The van der Waals surface area contributed by atoms with Gasteiger partial charge < -0.3 is 15.4 Å². The first-order chi connectivity index (χ1) is 10.1. The molecule has 0 aromatic heterocycles. The number of halogens is 1. The molecule has 22 heavy (non-hydrogen) atoms. The molecule has 2 atom stereocenters. The molecule has 1 aromatic carbocycles. The molecule has 0 bridgehead atoms. The van der Waals surface area contributed by atoms with Crippen LogP contribution in [-0.4, -0.2) is 31.6 Å². The Morgan fingerprint density at radius 1 is 1.41 bits per heavy atom. The van der Waals surface area contributed by atoms with Crippen molar-refractivity contribution in [3.63, 3.8) is 0 Å². The Morgan fingerprint density at radius 3 is 2.91 bits per heavy atom. The number of carbonyl (C=O) groups excluding carboxylic acids is 1. The number of amides is 1. The zero-order chi connectivity index (χ0) is 15.2. The summed E-state index contributed by atoms with van der Waals surface area (Å²) in [7, 11) is 0. The highest BCUT2D eigenvalue weighted by Crippen LogP contribution is 2.20. The van der Waals surface area contributed by atoms with Crippen LogP contribution >= 0.6 is 12.4 Å². The van der Waals surface area contributed by atoms with Gasteiger partial charge in [-0.3, -0.25) is 4.79 Å². The molecule has 5 heteroatoms. The Bertz CT molecular complexity index is 494. The summed E-state index contributed by atoms with van der Waals surface area (Å²) in [5, 5.41) is 6.42. The smallest absolute Gasteiger partial charge is 0.223 e. The standard InChI is InChI=1S/C17H26N2O2.ClH/c1-12-5-4-6-16(14(12)3)21-10-8-17(20)19-15-11-18-9-7-13(15)2;/h4-6,13,15,18H,7-11H2,1-3H3,(H,19,20);1H. The first-order valence-corrected chi connectivity index (χ1v) is 7.77. The molecule has 0 spiro atoms. The van der Waals surface area contributed by atoms with Gasteiger partial charge in [-0.2, -0.15) is 0 Å². The number of hydrogen-bond donors (Lipinski definition) is 2. The number of aryl methyl sites for hydroxylation is 1. The van der Waals surface area contributed by atoms with E-state index in [4.69, 9.17) is 4.74 Å². The van der Waals surface area contributed by atoms with Gasteiger partial charge in [-0.25, -0.2) is 0 Å². The fourth-order valence-electron chi connectivity index (χ4n) is 2.60. The van der Waals surface area contributed by atoms with Crippen LogP contribution < -0.4 is 15.4 Å². The SMILES string of the molecule is Cc1cccc(OCCC(=O)NC2CNCCC2C)c1C.Cl. The van der Waals surface area contributed by atoms with Gasteiger partial charge in [0.15, 0.2) is 0 Å². The Labute approximate surface area is 139 Å². The number of carbonyl (C=O) groups is 1. The van der Waals surface area contributed by atoms with Crippen molar-refractivity contribution in [1.29, 1.82) is 0 Å². The molecule has 1 heterocycles. The minimum Gasteiger partial charge on any atom is -0.493 e. The maximum Gasteiger partial charge on any atom is 0.223 e. The molecule has 0 aliphatic carbocycles. The summed E-state index contributed by atoms with van der Waals surface area (Å²) in [4.78, 5) is 12.0. The van der Waals surface area contributed by atoms with Crippen molar-refractivity contribution in [3.8, 4) is 5.75 Å². The second-order valence-corrected chi connectivity index (χ2v) is 5.94. The number of nitrogens with one attached hydrogen (secondary N) is 2. The van der Waals surface area contributed by atoms with Gasteiger partial charge in [0, 0.05) is 12.6 Å². The first kappa shape index (κ1) is 18.8. The van der Waals surface area contributed by atoms with Gasteiger partial charge in [0.25, 0.3) is 0 Å². The molecule has 0 radical (unpaired) electrons. The normalized spacial score (nSPS) is 20.9. The Balaban J connectivity index is 0.00000242. The molecule has 1 saturated heterocycles. The second kappa shape index (κ2) is 9.01. The van der Waals surface area contributed by atoms with Crippen LogP contribution in [0.4, 0.5) is 0 Å². The quantitative estimate of drug-likeness (QED) is 0.874. The number of hydrogen-bond acceptors (Lipinski definition) is 3. The van der Waals surface area contributed by atoms with E-state index in [1.807, 2.05) is 19.1 Å². The second-order valence-electron chi connectivity index (χ2n) is 5.94. The van der Waals surface area contributed by atoms with Gasteiger partial charge in [-0.1, -0.05) is 19.1 Å². The number of ether oxygens (including phenoxy) is 1. The van der Waals surface area contributed by atoms with Crippen LogP contribution in [0.3, 0.4) is 0 Å². The van der Waals surface area contributed by atoms with Gasteiger partial charge in [-0.05, 0) is 49.9 Å². The molecule has 124 valence electrons. The minimum atomic E-state index is 0. The molecular weight excluding hydrogens is 300 g/mol. The zero-order valence-corrected chi connectivity index (χ0v) is 14.5. The summed E-state index contributed by atoms with van der Waals surface area (Å²) in [6.07, 6.45) is 1.51. The lowest BCUT2D eigenvalue weighted by molar-refractivity contribution is -0.122. The lowest BCUT2D eigenvalue weighted by atomic mass is 9.95. The van der Waals surface area contributed by atoms with Gasteiger partial charge in [0.05, 0.1) is 13.0 Å². The Morgan fingerprint density at radius 2 is 2.18 bits per heavy atom. The van der Waals surface area contributed by atoms with E-state index in [9.17, 15) is 4.79 Å². The highest BCUT2D eigenvalue weighted by atomic mass is 35.5. The molecule has 2 unspecified atom stereocenters. The molecule has 2 N–H and O–H groups in total. The maximum absolute atomic E-state index is 12.0. The first-order valence-electron chi connectivity index (χ1n) is 7.77. The molecule has 1 aliphatic rings. The Hall–Kier alpha value is -1.26. The molecule has 1 aliphatic heterocycles. The predicted molar refractivity (Wildman–Crippen MR) is 91.9 cm³/mol. The highest BCUT2D eigenvalue weighted by Gasteiger charge is 2.22. The third kappa shape index (κ3) is 5.18. The monoisotopic (exact) mass is 326 g/mol. The van der Waals surface area contributed by atoms with Gasteiger partial charge in [-0.15, -0.1) is 12.4 Å². The number of benzene rings is 1. The van der Waals surface area contributed by atoms with Gasteiger partial charge in [0.1, 0.15) is 5.75 Å². The van der Waals surface area contributed by atoms with E-state index in [2.05, 4.69) is 30.5 Å². The molecule has 0 saturated carbocycles. The Kier molecular flexibility index (Phi) is 7.69.